The van der Waals surface area contributed by atoms with Crippen LogP contribution in [0.4, 0.5) is 5.69 Å². The SMILES string of the molecule is [N-]=[N+]=N[C@H]1[C@H]([C@H](O)[C@H](O)CO)O[C@@](O[C@H]2[C@@H](O)[C@@H](CO)O[C@@H](Oc3ccc([N+](=O)[O-])cc3)[C@@H]2O)(C(=O)O)C[C@@H]1O. The Bertz CT molecular complexity index is 1090. The van der Waals surface area contributed by atoms with Crippen molar-refractivity contribution in [1.29, 1.82) is 0 Å². The molecule has 0 amide bonds. The van der Waals surface area contributed by atoms with Gasteiger partial charge in [0.1, 0.15) is 48.5 Å². The zero-order valence-electron chi connectivity index (χ0n) is 20.4. The molecule has 19 nitrogen and oxygen atoms in total. The van der Waals surface area contributed by atoms with E-state index in [0.29, 0.717) is 0 Å². The molecule has 2 aliphatic rings. The minimum absolute atomic E-state index is 0.0582. The number of carboxylic acid groups (broad SMARTS) is 1. The number of hydrogen-bond donors (Lipinski definition) is 8. The fourth-order valence-corrected chi connectivity index (χ4v) is 4.31. The van der Waals surface area contributed by atoms with Gasteiger partial charge < -0.3 is 59.8 Å². The summed E-state index contributed by atoms with van der Waals surface area (Å²) < 4.78 is 21.8. The van der Waals surface area contributed by atoms with E-state index < -0.39 is 97.5 Å². The highest BCUT2D eigenvalue weighted by Crippen LogP contribution is 2.38. The maximum absolute atomic E-state index is 12.4. The zero-order valence-corrected chi connectivity index (χ0v) is 20.4. The lowest BCUT2D eigenvalue weighted by Gasteiger charge is -2.49. The lowest BCUT2D eigenvalue weighted by molar-refractivity contribution is -0.384. The van der Waals surface area contributed by atoms with E-state index in [1.807, 2.05) is 0 Å². The number of azide groups is 1. The second kappa shape index (κ2) is 13.0. The van der Waals surface area contributed by atoms with E-state index in [1.165, 1.54) is 0 Å². The van der Waals surface area contributed by atoms with Gasteiger partial charge in [-0.1, -0.05) is 5.11 Å². The molecule has 0 unspecified atom stereocenters. The molecule has 2 fully saturated rings. The van der Waals surface area contributed by atoms with Crippen molar-refractivity contribution in [2.45, 2.75) is 73.4 Å². The van der Waals surface area contributed by atoms with Crippen molar-refractivity contribution in [2.75, 3.05) is 13.2 Å². The lowest BCUT2D eigenvalue weighted by atomic mass is 9.88. The summed E-state index contributed by atoms with van der Waals surface area (Å²) in [6.07, 6.45) is -18.0. The minimum atomic E-state index is -2.95. The van der Waals surface area contributed by atoms with Gasteiger partial charge in [0, 0.05) is 23.5 Å². The van der Waals surface area contributed by atoms with Crippen molar-refractivity contribution in [1.82, 2.24) is 0 Å². The predicted molar refractivity (Wildman–Crippen MR) is 124 cm³/mol. The number of hydrogen-bond acceptors (Lipinski definition) is 15. The average molecular weight is 576 g/mol. The zero-order chi connectivity index (χ0) is 29.8. The number of nitro benzene ring substituents is 1. The van der Waals surface area contributed by atoms with Gasteiger partial charge in [-0.2, -0.15) is 0 Å². The summed E-state index contributed by atoms with van der Waals surface area (Å²) in [6.45, 7) is -1.90. The Morgan fingerprint density at radius 2 is 1.88 bits per heavy atom. The molecule has 0 aliphatic carbocycles. The van der Waals surface area contributed by atoms with Gasteiger partial charge in [0.15, 0.2) is 0 Å². The Balaban J connectivity index is 1.93. The van der Waals surface area contributed by atoms with Crippen LogP contribution >= 0.6 is 0 Å². The fraction of sp³-hybridized carbons (Fsp3) is 0.667. The van der Waals surface area contributed by atoms with E-state index in [-0.39, 0.29) is 11.4 Å². The first-order valence-corrected chi connectivity index (χ1v) is 11.7. The maximum atomic E-state index is 12.4. The Kier molecular flexibility index (Phi) is 10.2. The van der Waals surface area contributed by atoms with E-state index in [4.69, 9.17) is 24.5 Å². The van der Waals surface area contributed by atoms with Crippen LogP contribution in [0.25, 0.3) is 10.4 Å². The van der Waals surface area contributed by atoms with Gasteiger partial charge in [-0.25, -0.2) is 4.79 Å². The Hall–Kier alpha value is -3.20. The van der Waals surface area contributed by atoms with E-state index in [0.717, 1.165) is 24.3 Å². The topological polar surface area (TPSA) is 308 Å². The maximum Gasteiger partial charge on any atom is 0.364 e. The van der Waals surface area contributed by atoms with Crippen LogP contribution in [0.15, 0.2) is 29.4 Å². The molecule has 222 valence electrons. The van der Waals surface area contributed by atoms with Crippen LogP contribution in [0.1, 0.15) is 6.42 Å². The largest absolute Gasteiger partial charge is 0.477 e. The summed E-state index contributed by atoms with van der Waals surface area (Å²) in [6, 6.07) is 2.83. The summed E-state index contributed by atoms with van der Waals surface area (Å²) in [5, 5.41) is 95.7. The molecule has 3 rings (SSSR count). The van der Waals surface area contributed by atoms with Crippen molar-refractivity contribution in [2.24, 2.45) is 5.11 Å². The van der Waals surface area contributed by atoms with Crippen molar-refractivity contribution < 1.29 is 69.5 Å². The van der Waals surface area contributed by atoms with Crippen LogP contribution in [0, 0.1) is 10.1 Å². The van der Waals surface area contributed by atoms with Crippen LogP contribution in [0.3, 0.4) is 0 Å². The van der Waals surface area contributed by atoms with Crippen LogP contribution in [0.2, 0.25) is 0 Å². The number of aliphatic hydroxyl groups excluding tert-OH is 7. The van der Waals surface area contributed by atoms with Crippen LogP contribution in [-0.2, 0) is 19.0 Å². The molecule has 40 heavy (non-hydrogen) atoms. The van der Waals surface area contributed by atoms with E-state index in [9.17, 15) is 55.8 Å². The van der Waals surface area contributed by atoms with Crippen LogP contribution in [0.5, 0.6) is 5.75 Å². The normalized spacial score (nSPS) is 35.7. The number of carbonyl (C=O) groups is 1. The molecule has 0 spiro atoms. The second-order valence-electron chi connectivity index (χ2n) is 9.01. The highest BCUT2D eigenvalue weighted by Gasteiger charge is 2.59. The van der Waals surface area contributed by atoms with Gasteiger partial charge >= 0.3 is 5.97 Å². The van der Waals surface area contributed by atoms with E-state index >= 15 is 0 Å². The smallest absolute Gasteiger partial charge is 0.364 e. The van der Waals surface area contributed by atoms with Crippen LogP contribution in [-0.4, -0.2) is 132 Å². The van der Waals surface area contributed by atoms with Crippen molar-refractivity contribution in [3.8, 4) is 5.75 Å². The summed E-state index contributed by atoms with van der Waals surface area (Å²) in [7, 11) is 0. The number of nitrogens with zero attached hydrogens (tertiary/aromatic N) is 4. The molecule has 2 heterocycles. The summed E-state index contributed by atoms with van der Waals surface area (Å²) in [5.74, 6) is -4.94. The number of carboxylic acids is 1. The van der Waals surface area contributed by atoms with E-state index in [2.05, 4.69) is 10.0 Å². The van der Waals surface area contributed by atoms with Crippen molar-refractivity contribution in [3.63, 3.8) is 0 Å². The highest BCUT2D eigenvalue weighted by atomic mass is 16.8. The molecular formula is C21H28N4O15. The third-order valence-electron chi connectivity index (χ3n) is 6.41. The molecule has 2 aliphatic heterocycles. The van der Waals surface area contributed by atoms with Gasteiger partial charge in [-0.05, 0) is 17.7 Å². The number of rotatable bonds is 11. The Morgan fingerprint density at radius 3 is 2.40 bits per heavy atom. The molecule has 0 aromatic heterocycles. The molecule has 0 bridgehead atoms. The number of ether oxygens (including phenoxy) is 4. The fourth-order valence-electron chi connectivity index (χ4n) is 4.31. The molecule has 0 radical (unpaired) electrons. The third kappa shape index (κ3) is 6.40. The van der Waals surface area contributed by atoms with Gasteiger partial charge in [0.05, 0.1) is 30.3 Å². The summed E-state index contributed by atoms with van der Waals surface area (Å²) >= 11 is 0. The van der Waals surface area contributed by atoms with Gasteiger partial charge in [0.25, 0.3) is 11.5 Å². The molecule has 0 saturated carbocycles. The molecule has 11 atom stereocenters. The molecule has 2 saturated heterocycles. The number of non-ortho nitro benzene ring substituents is 1. The Labute approximate surface area is 224 Å². The third-order valence-corrected chi connectivity index (χ3v) is 6.41. The standard InChI is InChI=1S/C21H28N4O15/c22-24-23-13-10(28)5-21(20(33)34,39-17(13)14(30)11(29)6-26)40-18-15(31)12(7-27)38-19(16(18)32)37-9-3-1-8(2-4-9)25(35)36/h1-4,10-19,26-32H,5-7H2,(H,33,34)/t10-,11+,12+,13+,14+,15-,16+,17+,18-,19+,21-/m0/s1. The van der Waals surface area contributed by atoms with Crippen molar-refractivity contribution >= 4 is 11.7 Å². The molecule has 1 aromatic carbocycles. The van der Waals surface area contributed by atoms with E-state index in [1.54, 1.807) is 0 Å². The van der Waals surface area contributed by atoms with Crippen LogP contribution < -0.4 is 4.74 Å². The summed E-state index contributed by atoms with van der Waals surface area (Å²) in [4.78, 5) is 25.1. The minimum Gasteiger partial charge on any atom is -0.477 e. The first kappa shape index (κ1) is 31.3. The van der Waals surface area contributed by atoms with Gasteiger partial charge in [-0.3, -0.25) is 10.1 Å². The molecule has 19 heteroatoms. The van der Waals surface area contributed by atoms with Gasteiger partial charge in [0.2, 0.25) is 6.29 Å². The number of nitro groups is 1. The monoisotopic (exact) mass is 576 g/mol. The summed E-state index contributed by atoms with van der Waals surface area (Å²) in [5.41, 5.74) is 8.57. The number of benzene rings is 1. The first-order chi connectivity index (χ1) is 18.9. The number of aliphatic hydroxyl groups is 7. The first-order valence-electron chi connectivity index (χ1n) is 11.7. The molecule has 8 N–H and O–H groups in total. The highest BCUT2D eigenvalue weighted by molar-refractivity contribution is 5.76. The second-order valence-corrected chi connectivity index (χ2v) is 9.01. The lowest BCUT2D eigenvalue weighted by Crippen LogP contribution is -2.68. The quantitative estimate of drug-likeness (QED) is 0.0431. The van der Waals surface area contributed by atoms with Crippen molar-refractivity contribution in [3.05, 3.63) is 44.8 Å². The average Bonchev–Trinajstić information content (AvgIpc) is 2.93. The van der Waals surface area contributed by atoms with Gasteiger partial charge in [-0.15, -0.1) is 0 Å². The molecule has 1 aromatic rings. The molecular weight excluding hydrogens is 548 g/mol. The Morgan fingerprint density at radius 1 is 1.23 bits per heavy atom. The predicted octanol–water partition coefficient (Wildman–Crippen LogP) is -2.88. The number of aliphatic carboxylic acids is 1.